The zero-order valence-electron chi connectivity index (χ0n) is 11.6. The molecule has 100 valence electrons. The highest BCUT2D eigenvalue weighted by atomic mass is 79.9. The van der Waals surface area contributed by atoms with Crippen LogP contribution in [0.5, 0.6) is 0 Å². The Morgan fingerprint density at radius 1 is 1.22 bits per heavy atom. The van der Waals surface area contributed by atoms with E-state index < -0.39 is 0 Å². The Labute approximate surface area is 120 Å². The normalized spacial score (nSPS) is 14.5. The van der Waals surface area contributed by atoms with E-state index in [4.69, 9.17) is 0 Å². The van der Waals surface area contributed by atoms with Crippen molar-refractivity contribution < 1.29 is 0 Å². The zero-order chi connectivity index (χ0) is 13.0. The van der Waals surface area contributed by atoms with Gasteiger partial charge in [-0.2, -0.15) is 0 Å². The molecule has 0 unspecified atom stereocenters. The highest BCUT2D eigenvalue weighted by Gasteiger charge is 2.13. The predicted octanol–water partition coefficient (Wildman–Crippen LogP) is 4.17. The fourth-order valence-corrected chi connectivity index (χ4v) is 2.99. The monoisotopic (exact) mass is 309 g/mol. The van der Waals surface area contributed by atoms with Gasteiger partial charge >= 0.3 is 0 Å². The SMILES string of the molecule is CC(C)N(CCCBr)Cc1ccc2c(c1)CCC2. The Hall–Kier alpha value is -0.340. The molecule has 0 radical (unpaired) electrons. The van der Waals surface area contributed by atoms with Crippen LogP contribution in [-0.4, -0.2) is 22.8 Å². The first-order valence-electron chi connectivity index (χ1n) is 7.11. The average Bonchev–Trinajstić information content (AvgIpc) is 2.81. The van der Waals surface area contributed by atoms with Crippen LogP contribution in [-0.2, 0) is 19.4 Å². The van der Waals surface area contributed by atoms with Gasteiger partial charge in [0.15, 0.2) is 0 Å². The van der Waals surface area contributed by atoms with Crippen LogP contribution in [0.4, 0.5) is 0 Å². The molecular formula is C16H24BrN. The smallest absolute Gasteiger partial charge is 0.0236 e. The number of rotatable bonds is 6. The topological polar surface area (TPSA) is 3.24 Å². The number of halogens is 1. The maximum absolute atomic E-state index is 3.53. The van der Waals surface area contributed by atoms with Crippen molar-refractivity contribution in [2.24, 2.45) is 0 Å². The summed E-state index contributed by atoms with van der Waals surface area (Å²) in [5, 5.41) is 1.10. The largest absolute Gasteiger partial charge is 0.297 e. The van der Waals surface area contributed by atoms with E-state index in [1.807, 2.05) is 0 Å². The van der Waals surface area contributed by atoms with Crippen LogP contribution in [0, 0.1) is 0 Å². The molecule has 1 aromatic rings. The molecule has 0 spiro atoms. The Balaban J connectivity index is 2.02. The van der Waals surface area contributed by atoms with Crippen molar-refractivity contribution in [1.82, 2.24) is 4.90 Å². The lowest BCUT2D eigenvalue weighted by molar-refractivity contribution is 0.214. The third-order valence-corrected chi connectivity index (χ3v) is 4.42. The third-order valence-electron chi connectivity index (χ3n) is 3.86. The molecule has 0 atom stereocenters. The highest BCUT2D eigenvalue weighted by Crippen LogP contribution is 2.23. The average molecular weight is 310 g/mol. The number of hydrogen-bond acceptors (Lipinski definition) is 1. The van der Waals surface area contributed by atoms with Gasteiger partial charge < -0.3 is 0 Å². The van der Waals surface area contributed by atoms with Gasteiger partial charge in [-0.1, -0.05) is 34.1 Å². The summed E-state index contributed by atoms with van der Waals surface area (Å²) in [6, 6.07) is 7.73. The molecule has 0 saturated carbocycles. The van der Waals surface area contributed by atoms with E-state index in [-0.39, 0.29) is 0 Å². The third kappa shape index (κ3) is 3.58. The number of nitrogens with zero attached hydrogens (tertiary/aromatic N) is 1. The second-order valence-electron chi connectivity index (χ2n) is 5.56. The second-order valence-corrected chi connectivity index (χ2v) is 6.36. The summed E-state index contributed by atoms with van der Waals surface area (Å²) in [5.74, 6) is 0. The van der Waals surface area contributed by atoms with Crippen molar-refractivity contribution >= 4 is 15.9 Å². The fourth-order valence-electron chi connectivity index (χ4n) is 2.74. The number of benzene rings is 1. The Kier molecular flexibility index (Phi) is 5.25. The van der Waals surface area contributed by atoms with E-state index >= 15 is 0 Å². The molecular weight excluding hydrogens is 286 g/mol. The van der Waals surface area contributed by atoms with Crippen molar-refractivity contribution in [3.63, 3.8) is 0 Å². The minimum atomic E-state index is 0.623. The summed E-state index contributed by atoms with van der Waals surface area (Å²) in [7, 11) is 0. The molecule has 1 aromatic carbocycles. The van der Waals surface area contributed by atoms with Crippen LogP contribution < -0.4 is 0 Å². The van der Waals surface area contributed by atoms with Gasteiger partial charge in [0, 0.05) is 17.9 Å². The van der Waals surface area contributed by atoms with Gasteiger partial charge in [0.2, 0.25) is 0 Å². The molecule has 0 saturated heterocycles. The maximum Gasteiger partial charge on any atom is 0.0236 e. The van der Waals surface area contributed by atoms with Crippen molar-refractivity contribution in [3.05, 3.63) is 34.9 Å². The quantitative estimate of drug-likeness (QED) is 0.713. The van der Waals surface area contributed by atoms with E-state index in [1.165, 1.54) is 37.8 Å². The van der Waals surface area contributed by atoms with Crippen LogP contribution in [0.2, 0.25) is 0 Å². The van der Waals surface area contributed by atoms with Crippen molar-refractivity contribution in [2.45, 2.75) is 52.1 Å². The molecule has 2 rings (SSSR count). The maximum atomic E-state index is 3.53. The first kappa shape index (κ1) is 14.1. The molecule has 1 nitrogen and oxygen atoms in total. The summed E-state index contributed by atoms with van der Waals surface area (Å²) in [5.41, 5.74) is 4.66. The van der Waals surface area contributed by atoms with Gasteiger partial charge in [0.1, 0.15) is 0 Å². The van der Waals surface area contributed by atoms with E-state index in [2.05, 4.69) is 52.9 Å². The van der Waals surface area contributed by atoms with Gasteiger partial charge in [-0.05, 0) is 62.8 Å². The van der Waals surface area contributed by atoms with E-state index in [0.717, 1.165) is 11.9 Å². The lowest BCUT2D eigenvalue weighted by Gasteiger charge is -2.26. The number of aryl methyl sites for hydroxylation is 2. The molecule has 1 aliphatic rings. The molecule has 1 aliphatic carbocycles. The van der Waals surface area contributed by atoms with Crippen LogP contribution in [0.1, 0.15) is 43.4 Å². The van der Waals surface area contributed by atoms with Gasteiger partial charge in [0.05, 0.1) is 0 Å². The van der Waals surface area contributed by atoms with Gasteiger partial charge in [-0.15, -0.1) is 0 Å². The summed E-state index contributed by atoms with van der Waals surface area (Å²) in [6.07, 6.45) is 5.14. The van der Waals surface area contributed by atoms with Crippen LogP contribution in [0.3, 0.4) is 0 Å². The zero-order valence-corrected chi connectivity index (χ0v) is 13.2. The fraction of sp³-hybridized carbons (Fsp3) is 0.625. The van der Waals surface area contributed by atoms with Gasteiger partial charge in [-0.25, -0.2) is 0 Å². The lowest BCUT2D eigenvalue weighted by atomic mass is 10.1. The molecule has 0 heterocycles. The molecule has 0 fully saturated rings. The molecule has 0 N–H and O–H groups in total. The van der Waals surface area contributed by atoms with Gasteiger partial charge in [-0.3, -0.25) is 4.90 Å². The summed E-state index contributed by atoms with van der Waals surface area (Å²) in [6.45, 7) is 6.86. The first-order valence-corrected chi connectivity index (χ1v) is 8.23. The summed E-state index contributed by atoms with van der Waals surface area (Å²) < 4.78 is 0. The van der Waals surface area contributed by atoms with E-state index in [0.29, 0.717) is 6.04 Å². The summed E-state index contributed by atoms with van der Waals surface area (Å²) in [4.78, 5) is 2.57. The second kappa shape index (κ2) is 6.72. The molecule has 0 amide bonds. The van der Waals surface area contributed by atoms with Crippen molar-refractivity contribution in [2.75, 3.05) is 11.9 Å². The first-order chi connectivity index (χ1) is 8.70. The van der Waals surface area contributed by atoms with Crippen LogP contribution in [0.15, 0.2) is 18.2 Å². The van der Waals surface area contributed by atoms with Crippen LogP contribution >= 0.6 is 15.9 Å². The number of hydrogen-bond donors (Lipinski definition) is 0. The molecule has 0 aliphatic heterocycles. The molecule has 2 heteroatoms. The van der Waals surface area contributed by atoms with E-state index in [9.17, 15) is 0 Å². The Bertz CT molecular complexity index is 387. The predicted molar refractivity (Wildman–Crippen MR) is 82.4 cm³/mol. The Morgan fingerprint density at radius 2 is 2.00 bits per heavy atom. The Morgan fingerprint density at radius 3 is 2.72 bits per heavy atom. The molecule has 0 bridgehead atoms. The van der Waals surface area contributed by atoms with Crippen molar-refractivity contribution in [1.29, 1.82) is 0 Å². The summed E-state index contributed by atoms with van der Waals surface area (Å²) >= 11 is 3.53. The number of fused-ring (bicyclic) bond motifs is 1. The lowest BCUT2D eigenvalue weighted by Crippen LogP contribution is -2.31. The van der Waals surface area contributed by atoms with Gasteiger partial charge in [0.25, 0.3) is 0 Å². The molecule has 18 heavy (non-hydrogen) atoms. The minimum absolute atomic E-state index is 0.623. The standard InChI is InChI=1S/C16H24BrN/c1-13(2)18(10-4-9-17)12-14-7-8-15-5-3-6-16(15)11-14/h7-8,11,13H,3-6,9-10,12H2,1-2H3. The van der Waals surface area contributed by atoms with Crippen LogP contribution in [0.25, 0.3) is 0 Å². The molecule has 0 aromatic heterocycles. The van der Waals surface area contributed by atoms with E-state index in [1.54, 1.807) is 11.1 Å². The number of alkyl halides is 1. The van der Waals surface area contributed by atoms with Crippen molar-refractivity contribution in [3.8, 4) is 0 Å². The highest BCUT2D eigenvalue weighted by molar-refractivity contribution is 9.09. The minimum Gasteiger partial charge on any atom is -0.297 e.